The van der Waals surface area contributed by atoms with Crippen LogP contribution in [0, 0.1) is 5.41 Å². The topological polar surface area (TPSA) is 90.1 Å². The summed E-state index contributed by atoms with van der Waals surface area (Å²) >= 11 is 0. The fraction of sp³-hybridized carbons (Fsp3) is 0.625. The highest BCUT2D eigenvalue weighted by atomic mass is 16.2. The van der Waals surface area contributed by atoms with Crippen molar-refractivity contribution in [3.05, 3.63) is 30.1 Å². The van der Waals surface area contributed by atoms with Crippen LogP contribution in [0.1, 0.15) is 71.7 Å². The number of hydrogen-bond acceptors (Lipinski definition) is 4. The number of nitrogens with one attached hydrogen (secondary N) is 3. The number of amides is 2. The van der Waals surface area contributed by atoms with E-state index in [2.05, 4.69) is 46.3 Å². The Morgan fingerprint density at radius 3 is 2.55 bits per heavy atom. The van der Waals surface area contributed by atoms with Gasteiger partial charge in [-0.3, -0.25) is 9.59 Å². The van der Waals surface area contributed by atoms with Crippen molar-refractivity contribution in [1.29, 1.82) is 0 Å². The number of aromatic amines is 1. The third-order valence-electron chi connectivity index (χ3n) is 5.86. The lowest BCUT2D eigenvalue weighted by molar-refractivity contribution is -0.129. The lowest BCUT2D eigenvalue weighted by atomic mass is 9.90. The summed E-state index contributed by atoms with van der Waals surface area (Å²) in [6.45, 7) is 11.2. The fourth-order valence-electron chi connectivity index (χ4n) is 3.90. The number of para-hydroxylation sites is 2. The van der Waals surface area contributed by atoms with Gasteiger partial charge in [0.25, 0.3) is 0 Å². The molecule has 1 unspecified atom stereocenters. The first-order valence-electron chi connectivity index (χ1n) is 11.5. The highest BCUT2D eigenvalue weighted by molar-refractivity contribution is 5.88. The van der Waals surface area contributed by atoms with Crippen LogP contribution in [0.5, 0.6) is 0 Å². The normalized spacial score (nSPS) is 16.9. The van der Waals surface area contributed by atoms with E-state index in [-0.39, 0.29) is 23.3 Å². The molecule has 2 aromatic rings. The fourth-order valence-corrected chi connectivity index (χ4v) is 3.90. The molecule has 2 amide bonds. The van der Waals surface area contributed by atoms with E-state index in [0.29, 0.717) is 18.7 Å². The molecular formula is C24H37N5O2. The van der Waals surface area contributed by atoms with Gasteiger partial charge in [-0.05, 0) is 63.2 Å². The minimum absolute atomic E-state index is 0.0621. The zero-order valence-corrected chi connectivity index (χ0v) is 19.3. The molecule has 3 rings (SSSR count). The molecule has 0 aliphatic carbocycles. The molecule has 0 spiro atoms. The van der Waals surface area contributed by atoms with Gasteiger partial charge < -0.3 is 20.5 Å². The first-order chi connectivity index (χ1) is 14.7. The van der Waals surface area contributed by atoms with Crippen LogP contribution in [0.4, 0.5) is 0 Å². The third kappa shape index (κ3) is 7.06. The number of imidazole rings is 1. The summed E-state index contributed by atoms with van der Waals surface area (Å²) in [5.41, 5.74) is 1.90. The summed E-state index contributed by atoms with van der Waals surface area (Å²) in [5.74, 6) is 0.496. The van der Waals surface area contributed by atoms with E-state index < -0.39 is 6.04 Å². The van der Waals surface area contributed by atoms with Crippen molar-refractivity contribution in [1.82, 2.24) is 25.5 Å². The van der Waals surface area contributed by atoms with Crippen LogP contribution in [-0.4, -0.2) is 52.4 Å². The predicted molar refractivity (Wildman–Crippen MR) is 124 cm³/mol. The maximum Gasteiger partial charge on any atom is 0.243 e. The van der Waals surface area contributed by atoms with Gasteiger partial charge in [0.2, 0.25) is 11.8 Å². The molecule has 1 aliphatic rings. The zero-order chi connectivity index (χ0) is 22.4. The highest BCUT2D eigenvalue weighted by Crippen LogP contribution is 2.20. The van der Waals surface area contributed by atoms with Crippen LogP contribution in [0.3, 0.4) is 0 Å². The van der Waals surface area contributed by atoms with E-state index in [1.807, 2.05) is 31.2 Å². The Labute approximate surface area is 185 Å². The van der Waals surface area contributed by atoms with E-state index >= 15 is 0 Å². The maximum atomic E-state index is 13.1. The minimum atomic E-state index is -0.542. The van der Waals surface area contributed by atoms with Crippen molar-refractivity contribution >= 4 is 22.8 Å². The maximum absolute atomic E-state index is 13.1. The third-order valence-corrected chi connectivity index (χ3v) is 5.86. The van der Waals surface area contributed by atoms with Crippen LogP contribution >= 0.6 is 0 Å². The quantitative estimate of drug-likeness (QED) is 0.571. The average molecular weight is 428 g/mol. The SMILES string of the molecule is C[C@H](NC(=O)C(CCN1CCCC1)NC(=O)CCC(C)(C)C)c1nc2ccccc2[nH]1. The molecule has 1 fully saturated rings. The minimum Gasteiger partial charge on any atom is -0.345 e. The van der Waals surface area contributed by atoms with E-state index in [0.717, 1.165) is 37.1 Å². The number of aromatic nitrogens is 2. The van der Waals surface area contributed by atoms with Gasteiger partial charge in [-0.15, -0.1) is 0 Å². The first kappa shape index (κ1) is 23.3. The van der Waals surface area contributed by atoms with Crippen LogP contribution < -0.4 is 10.6 Å². The Kier molecular flexibility index (Phi) is 7.70. The van der Waals surface area contributed by atoms with E-state index in [1.54, 1.807) is 0 Å². The zero-order valence-electron chi connectivity index (χ0n) is 19.3. The molecule has 0 saturated carbocycles. The van der Waals surface area contributed by atoms with Crippen molar-refractivity contribution in [2.75, 3.05) is 19.6 Å². The highest BCUT2D eigenvalue weighted by Gasteiger charge is 2.25. The van der Waals surface area contributed by atoms with Gasteiger partial charge in [-0.25, -0.2) is 4.98 Å². The molecule has 2 atom stereocenters. The lowest BCUT2D eigenvalue weighted by Crippen LogP contribution is -2.48. The van der Waals surface area contributed by atoms with Crippen molar-refractivity contribution in [3.63, 3.8) is 0 Å². The Morgan fingerprint density at radius 1 is 1.16 bits per heavy atom. The van der Waals surface area contributed by atoms with E-state index in [4.69, 9.17) is 0 Å². The van der Waals surface area contributed by atoms with Crippen molar-refractivity contribution in [2.45, 2.75) is 71.9 Å². The number of benzene rings is 1. The number of H-pyrrole nitrogens is 1. The second-order valence-electron chi connectivity index (χ2n) is 9.89. The molecule has 31 heavy (non-hydrogen) atoms. The van der Waals surface area contributed by atoms with Gasteiger partial charge in [0.15, 0.2) is 0 Å². The summed E-state index contributed by atoms with van der Waals surface area (Å²) in [6.07, 6.45) is 4.24. The van der Waals surface area contributed by atoms with Gasteiger partial charge in [0.1, 0.15) is 11.9 Å². The smallest absolute Gasteiger partial charge is 0.243 e. The lowest BCUT2D eigenvalue weighted by Gasteiger charge is -2.24. The molecule has 3 N–H and O–H groups in total. The second-order valence-corrected chi connectivity index (χ2v) is 9.89. The number of carbonyl (C=O) groups excluding carboxylic acids is 2. The molecule has 1 aromatic carbocycles. The number of fused-ring (bicyclic) bond motifs is 1. The molecule has 7 nitrogen and oxygen atoms in total. The van der Waals surface area contributed by atoms with E-state index in [9.17, 15) is 9.59 Å². The molecule has 2 heterocycles. The van der Waals surface area contributed by atoms with Gasteiger partial charge >= 0.3 is 0 Å². The Morgan fingerprint density at radius 2 is 1.87 bits per heavy atom. The van der Waals surface area contributed by atoms with Crippen molar-refractivity contribution < 1.29 is 9.59 Å². The van der Waals surface area contributed by atoms with Gasteiger partial charge in [-0.2, -0.15) is 0 Å². The number of likely N-dealkylation sites (tertiary alicyclic amines) is 1. The summed E-state index contributed by atoms with van der Waals surface area (Å²) in [7, 11) is 0. The van der Waals surface area contributed by atoms with Crippen LogP contribution in [-0.2, 0) is 9.59 Å². The summed E-state index contributed by atoms with van der Waals surface area (Å²) in [6, 6.07) is 6.99. The number of rotatable bonds is 9. The first-order valence-corrected chi connectivity index (χ1v) is 11.5. The van der Waals surface area contributed by atoms with Crippen LogP contribution in [0.15, 0.2) is 24.3 Å². The van der Waals surface area contributed by atoms with Crippen LogP contribution in [0.25, 0.3) is 11.0 Å². The average Bonchev–Trinajstić information content (AvgIpc) is 3.38. The van der Waals surface area contributed by atoms with Gasteiger partial charge in [0.05, 0.1) is 17.1 Å². The predicted octanol–water partition coefficient (Wildman–Crippen LogP) is 3.54. The van der Waals surface area contributed by atoms with Crippen molar-refractivity contribution in [2.24, 2.45) is 5.41 Å². The molecule has 0 bridgehead atoms. The standard InChI is InChI=1S/C24H37N5O2/c1-17(22-27-18-9-5-6-10-19(18)28-22)25-23(31)20(12-16-29-14-7-8-15-29)26-21(30)11-13-24(2,3)4/h5-6,9-10,17,20H,7-8,11-16H2,1-4H3,(H,25,31)(H,26,30)(H,27,28)/t17-,20?/m0/s1. The molecule has 0 radical (unpaired) electrons. The Hall–Kier alpha value is -2.41. The van der Waals surface area contributed by atoms with Gasteiger partial charge in [0, 0.05) is 13.0 Å². The van der Waals surface area contributed by atoms with Crippen molar-refractivity contribution in [3.8, 4) is 0 Å². The molecule has 1 aromatic heterocycles. The van der Waals surface area contributed by atoms with Gasteiger partial charge in [-0.1, -0.05) is 32.9 Å². The summed E-state index contributed by atoms with van der Waals surface area (Å²) < 4.78 is 0. The number of carbonyl (C=O) groups is 2. The largest absolute Gasteiger partial charge is 0.345 e. The summed E-state index contributed by atoms with van der Waals surface area (Å²) in [5, 5.41) is 6.03. The van der Waals surface area contributed by atoms with Crippen LogP contribution in [0.2, 0.25) is 0 Å². The molecule has 1 aliphatic heterocycles. The molecular weight excluding hydrogens is 390 g/mol. The molecule has 7 heteroatoms. The molecule has 170 valence electrons. The number of nitrogens with zero attached hydrogens (tertiary/aromatic N) is 2. The van der Waals surface area contributed by atoms with E-state index in [1.165, 1.54) is 12.8 Å². The summed E-state index contributed by atoms with van der Waals surface area (Å²) in [4.78, 5) is 35.9. The Bertz CT molecular complexity index is 846. The molecule has 1 saturated heterocycles. The number of hydrogen-bond donors (Lipinski definition) is 3. The monoisotopic (exact) mass is 427 g/mol. The second kappa shape index (κ2) is 10.3. The Balaban J connectivity index is 1.62.